The fourth-order valence-corrected chi connectivity index (χ4v) is 1.37. The van der Waals surface area contributed by atoms with Crippen LogP contribution in [-0.4, -0.2) is 23.1 Å². The Bertz CT molecular complexity index is 381. The summed E-state index contributed by atoms with van der Waals surface area (Å²) in [5, 5.41) is 17.9. The largest absolute Gasteiger partial charge is 0.444 e. The van der Waals surface area contributed by atoms with Gasteiger partial charge in [0.15, 0.2) is 11.2 Å². The second-order valence-corrected chi connectivity index (χ2v) is 4.37. The number of carbonyl (C=O) groups is 2. The topological polar surface area (TPSA) is 100 Å². The van der Waals surface area contributed by atoms with Crippen molar-refractivity contribution in [1.29, 1.82) is 10.5 Å². The number of nitrogens with zero attached hydrogens (tertiary/aromatic N) is 2. The molecule has 0 saturated heterocycles. The molecule has 0 amide bonds. The molecule has 6 heteroatoms. The highest BCUT2D eigenvalue weighted by Crippen LogP contribution is 2.25. The van der Waals surface area contributed by atoms with Crippen molar-refractivity contribution in [3.05, 3.63) is 0 Å². The zero-order valence-electron chi connectivity index (χ0n) is 10.9. The van der Waals surface area contributed by atoms with Gasteiger partial charge in [0.1, 0.15) is 12.1 Å². The summed E-state index contributed by atoms with van der Waals surface area (Å²) in [5.74, 6) is -1.16. The Morgan fingerprint density at radius 1 is 0.944 bits per heavy atom. The summed E-state index contributed by atoms with van der Waals surface area (Å²) in [6.07, 6.45) is 0.195. The summed E-state index contributed by atoms with van der Waals surface area (Å²) < 4.78 is 9.76. The van der Waals surface area contributed by atoms with Crippen LogP contribution in [0, 0.1) is 22.7 Å². The van der Waals surface area contributed by atoms with Gasteiger partial charge in [0.05, 0.1) is 0 Å². The monoisotopic (exact) mass is 252 g/mol. The molecule has 0 spiro atoms. The maximum Gasteiger partial charge on any atom is 0.304 e. The predicted octanol–water partition coefficient (Wildman–Crippen LogP) is 1.46. The van der Waals surface area contributed by atoms with Crippen LogP contribution < -0.4 is 0 Å². The highest BCUT2D eigenvalue weighted by Gasteiger charge is 2.34. The Balaban J connectivity index is 4.71. The Morgan fingerprint density at radius 3 is 1.39 bits per heavy atom. The maximum atomic E-state index is 10.9. The van der Waals surface area contributed by atoms with Gasteiger partial charge in [-0.1, -0.05) is 0 Å². The number of rotatable bonds is 5. The number of hydrogen-bond donors (Lipinski definition) is 0. The molecule has 2 atom stereocenters. The molecule has 0 aromatic carbocycles. The summed E-state index contributed by atoms with van der Waals surface area (Å²) in [7, 11) is 0. The molecule has 0 heterocycles. The molecule has 0 aliphatic heterocycles. The van der Waals surface area contributed by atoms with Crippen LogP contribution in [0.1, 0.15) is 40.5 Å². The summed E-state index contributed by atoms with van der Waals surface area (Å²) in [6.45, 7) is 5.29. The van der Waals surface area contributed by atoms with E-state index in [1.54, 1.807) is 0 Å². The fraction of sp³-hybridized carbons (Fsp3) is 0.667. The fourth-order valence-electron chi connectivity index (χ4n) is 1.37. The van der Waals surface area contributed by atoms with Gasteiger partial charge in [-0.25, -0.2) is 0 Å². The summed E-state index contributed by atoms with van der Waals surface area (Å²) in [5.41, 5.74) is -2.66. The summed E-state index contributed by atoms with van der Waals surface area (Å²) in [6, 6.07) is 3.73. The van der Waals surface area contributed by atoms with Gasteiger partial charge < -0.3 is 9.47 Å². The molecule has 0 unspecified atom stereocenters. The van der Waals surface area contributed by atoms with Gasteiger partial charge in [0.25, 0.3) is 0 Å². The van der Waals surface area contributed by atoms with Crippen LogP contribution in [0.25, 0.3) is 0 Å². The molecule has 18 heavy (non-hydrogen) atoms. The first kappa shape index (κ1) is 15.9. The van der Waals surface area contributed by atoms with Crippen LogP contribution in [0.4, 0.5) is 0 Å². The van der Waals surface area contributed by atoms with E-state index in [0.29, 0.717) is 0 Å². The highest BCUT2D eigenvalue weighted by atomic mass is 16.6. The number of ether oxygens (including phenoxy) is 2. The molecule has 0 aliphatic rings. The molecular formula is C12H16N2O4. The van der Waals surface area contributed by atoms with E-state index in [-0.39, 0.29) is 12.8 Å². The molecule has 0 saturated carbocycles. The number of hydrogen-bond acceptors (Lipinski definition) is 6. The second-order valence-electron chi connectivity index (χ2n) is 4.37. The van der Waals surface area contributed by atoms with Crippen LogP contribution >= 0.6 is 0 Å². The van der Waals surface area contributed by atoms with Crippen LogP contribution in [0.3, 0.4) is 0 Å². The lowest BCUT2D eigenvalue weighted by Crippen LogP contribution is -2.35. The zero-order chi connectivity index (χ0) is 14.4. The number of nitriles is 2. The van der Waals surface area contributed by atoms with Crippen molar-refractivity contribution in [2.45, 2.75) is 51.7 Å². The average molecular weight is 252 g/mol. The van der Waals surface area contributed by atoms with E-state index in [1.807, 2.05) is 12.1 Å². The van der Waals surface area contributed by atoms with Gasteiger partial charge in [0, 0.05) is 26.7 Å². The van der Waals surface area contributed by atoms with Crippen molar-refractivity contribution in [2.75, 3.05) is 0 Å². The normalized spacial score (nSPS) is 16.3. The zero-order valence-corrected chi connectivity index (χ0v) is 10.9. The van der Waals surface area contributed by atoms with Crippen molar-refractivity contribution < 1.29 is 19.1 Å². The van der Waals surface area contributed by atoms with Gasteiger partial charge in [-0.15, -0.1) is 0 Å². The molecule has 6 nitrogen and oxygen atoms in total. The molecular weight excluding hydrogens is 236 g/mol. The van der Waals surface area contributed by atoms with E-state index in [4.69, 9.17) is 20.0 Å². The van der Waals surface area contributed by atoms with E-state index >= 15 is 0 Å². The highest BCUT2D eigenvalue weighted by molar-refractivity contribution is 5.67. The Morgan fingerprint density at radius 2 is 1.22 bits per heavy atom. The Hall–Kier alpha value is -2.08. The van der Waals surface area contributed by atoms with E-state index in [2.05, 4.69) is 0 Å². The SMILES string of the molecule is CC(=O)O[C@@](C)(C#N)CC[C@@](C)(C#N)OC(C)=O. The third-order valence-corrected chi connectivity index (χ3v) is 2.29. The van der Waals surface area contributed by atoms with Gasteiger partial charge >= 0.3 is 11.9 Å². The van der Waals surface area contributed by atoms with Gasteiger partial charge in [-0.2, -0.15) is 10.5 Å². The van der Waals surface area contributed by atoms with Gasteiger partial charge in [-0.05, 0) is 13.8 Å². The van der Waals surface area contributed by atoms with E-state index in [1.165, 1.54) is 27.7 Å². The Kier molecular flexibility index (Phi) is 5.32. The van der Waals surface area contributed by atoms with E-state index < -0.39 is 23.1 Å². The molecule has 0 radical (unpaired) electrons. The molecule has 0 bridgehead atoms. The number of carbonyl (C=O) groups excluding carboxylic acids is 2. The Labute approximate surface area is 106 Å². The minimum absolute atomic E-state index is 0.0976. The second kappa shape index (κ2) is 6.02. The van der Waals surface area contributed by atoms with Gasteiger partial charge in [0.2, 0.25) is 0 Å². The van der Waals surface area contributed by atoms with Crippen molar-refractivity contribution in [3.8, 4) is 12.1 Å². The first-order valence-corrected chi connectivity index (χ1v) is 5.38. The minimum atomic E-state index is -1.33. The molecule has 0 aromatic heterocycles. The molecule has 98 valence electrons. The average Bonchev–Trinajstić information content (AvgIpc) is 2.25. The van der Waals surface area contributed by atoms with Crippen LogP contribution in [0.15, 0.2) is 0 Å². The lowest BCUT2D eigenvalue weighted by molar-refractivity contribution is -0.156. The van der Waals surface area contributed by atoms with Crippen LogP contribution in [0.2, 0.25) is 0 Å². The van der Waals surface area contributed by atoms with E-state index in [9.17, 15) is 9.59 Å². The molecule has 0 fully saturated rings. The lowest BCUT2D eigenvalue weighted by atomic mass is 9.93. The molecule has 0 aromatic rings. The number of esters is 2. The van der Waals surface area contributed by atoms with Crippen LogP contribution in [-0.2, 0) is 19.1 Å². The van der Waals surface area contributed by atoms with Gasteiger partial charge in [-0.3, -0.25) is 9.59 Å². The molecule has 0 rings (SSSR count). The summed E-state index contributed by atoms with van der Waals surface area (Å²) in [4.78, 5) is 21.7. The van der Waals surface area contributed by atoms with Crippen molar-refractivity contribution in [2.24, 2.45) is 0 Å². The third-order valence-electron chi connectivity index (χ3n) is 2.29. The smallest absolute Gasteiger partial charge is 0.304 e. The van der Waals surface area contributed by atoms with Crippen molar-refractivity contribution >= 4 is 11.9 Å². The van der Waals surface area contributed by atoms with Crippen molar-refractivity contribution in [3.63, 3.8) is 0 Å². The van der Waals surface area contributed by atoms with Crippen LogP contribution in [0.5, 0.6) is 0 Å². The van der Waals surface area contributed by atoms with E-state index in [0.717, 1.165) is 0 Å². The first-order valence-electron chi connectivity index (χ1n) is 5.38. The summed E-state index contributed by atoms with van der Waals surface area (Å²) >= 11 is 0. The molecule has 0 N–H and O–H groups in total. The minimum Gasteiger partial charge on any atom is -0.444 e. The maximum absolute atomic E-state index is 10.9. The molecule has 0 aliphatic carbocycles. The standard InChI is InChI=1S/C12H16N2O4/c1-9(15)17-11(3,7-13)5-6-12(4,8-14)18-10(2)16/h5-6H2,1-4H3/t11-,12+. The first-order chi connectivity index (χ1) is 8.16. The van der Waals surface area contributed by atoms with Crippen molar-refractivity contribution in [1.82, 2.24) is 0 Å². The quantitative estimate of drug-likeness (QED) is 0.686. The third kappa shape index (κ3) is 5.31. The lowest BCUT2D eigenvalue weighted by Gasteiger charge is -2.26. The predicted molar refractivity (Wildman–Crippen MR) is 60.8 cm³/mol.